The summed E-state index contributed by atoms with van der Waals surface area (Å²) in [5.74, 6) is -0.640. The molecule has 3 rings (SSSR count). The molecule has 7 nitrogen and oxygen atoms in total. The molecular formula is C16H20N4O3. The van der Waals surface area contributed by atoms with Gasteiger partial charge in [0.1, 0.15) is 0 Å². The normalized spacial score (nSPS) is 15.8. The molecule has 1 aliphatic rings. The van der Waals surface area contributed by atoms with Crippen LogP contribution in [0.2, 0.25) is 0 Å². The molecule has 1 aromatic carbocycles. The van der Waals surface area contributed by atoms with E-state index >= 15 is 0 Å². The number of piperazine rings is 1. The fourth-order valence-electron chi connectivity index (χ4n) is 2.68. The van der Waals surface area contributed by atoms with Gasteiger partial charge in [0.25, 0.3) is 5.91 Å². The molecule has 0 spiro atoms. The van der Waals surface area contributed by atoms with Gasteiger partial charge in [-0.1, -0.05) is 6.92 Å². The van der Waals surface area contributed by atoms with Crippen LogP contribution in [0.1, 0.15) is 17.3 Å². The van der Waals surface area contributed by atoms with Gasteiger partial charge >= 0.3 is 5.97 Å². The Balaban J connectivity index is 1.53. The zero-order valence-corrected chi connectivity index (χ0v) is 13.1. The van der Waals surface area contributed by atoms with E-state index in [4.69, 9.17) is 4.74 Å². The van der Waals surface area contributed by atoms with Crippen molar-refractivity contribution in [3.8, 4) is 0 Å². The minimum atomic E-state index is -0.498. The summed E-state index contributed by atoms with van der Waals surface area (Å²) in [4.78, 5) is 35.2. The standard InChI is InChI=1S/C16H20N4O3/c1-2-19-5-7-20(8-6-19)15(21)10-23-16(22)12-3-4-13-14(9-12)18-11-17-13/h3-4,9,11H,2,5-8,10H2,1H3,(H,17,18). The molecule has 0 atom stereocenters. The van der Waals surface area contributed by atoms with Crippen molar-refractivity contribution in [2.24, 2.45) is 0 Å². The molecule has 1 fully saturated rings. The van der Waals surface area contributed by atoms with Gasteiger partial charge in [0.2, 0.25) is 0 Å². The number of hydrogen-bond donors (Lipinski definition) is 1. The zero-order chi connectivity index (χ0) is 16.2. The summed E-state index contributed by atoms with van der Waals surface area (Å²) in [5.41, 5.74) is 1.96. The lowest BCUT2D eigenvalue weighted by Crippen LogP contribution is -2.49. The number of likely N-dealkylation sites (N-methyl/N-ethyl adjacent to an activating group) is 1. The van der Waals surface area contributed by atoms with Crippen LogP contribution in [0.15, 0.2) is 24.5 Å². The topological polar surface area (TPSA) is 78.5 Å². The first kappa shape index (κ1) is 15.5. The van der Waals surface area contributed by atoms with Crippen LogP contribution >= 0.6 is 0 Å². The molecule has 122 valence electrons. The molecule has 0 radical (unpaired) electrons. The SMILES string of the molecule is CCN1CCN(C(=O)COC(=O)c2ccc3nc[nH]c3c2)CC1. The minimum absolute atomic E-state index is 0.142. The number of benzene rings is 1. The highest BCUT2D eigenvalue weighted by Crippen LogP contribution is 2.12. The predicted molar refractivity (Wildman–Crippen MR) is 85.1 cm³/mol. The Morgan fingerprint density at radius 1 is 1.26 bits per heavy atom. The van der Waals surface area contributed by atoms with Crippen LogP contribution in [0.5, 0.6) is 0 Å². The van der Waals surface area contributed by atoms with Crippen molar-refractivity contribution < 1.29 is 14.3 Å². The largest absolute Gasteiger partial charge is 0.452 e. The monoisotopic (exact) mass is 316 g/mol. The summed E-state index contributed by atoms with van der Waals surface area (Å²) in [6.07, 6.45) is 1.57. The van der Waals surface area contributed by atoms with E-state index in [9.17, 15) is 9.59 Å². The number of rotatable bonds is 4. The van der Waals surface area contributed by atoms with Crippen molar-refractivity contribution in [1.29, 1.82) is 0 Å². The van der Waals surface area contributed by atoms with Gasteiger partial charge in [0.05, 0.1) is 22.9 Å². The summed E-state index contributed by atoms with van der Waals surface area (Å²) in [7, 11) is 0. The highest BCUT2D eigenvalue weighted by Gasteiger charge is 2.21. The van der Waals surface area contributed by atoms with E-state index in [1.807, 2.05) is 0 Å². The Morgan fingerprint density at radius 2 is 2.04 bits per heavy atom. The van der Waals surface area contributed by atoms with Crippen LogP contribution in [0.25, 0.3) is 11.0 Å². The summed E-state index contributed by atoms with van der Waals surface area (Å²) < 4.78 is 5.14. The van der Waals surface area contributed by atoms with Crippen molar-refractivity contribution >= 4 is 22.9 Å². The molecule has 1 N–H and O–H groups in total. The van der Waals surface area contributed by atoms with Crippen molar-refractivity contribution in [3.05, 3.63) is 30.1 Å². The molecule has 1 aromatic heterocycles. The maximum atomic E-state index is 12.1. The number of aromatic nitrogens is 2. The molecule has 1 saturated heterocycles. The highest BCUT2D eigenvalue weighted by atomic mass is 16.5. The van der Waals surface area contributed by atoms with Crippen molar-refractivity contribution in [2.45, 2.75) is 6.92 Å². The van der Waals surface area contributed by atoms with E-state index in [1.165, 1.54) is 0 Å². The third-order valence-corrected chi connectivity index (χ3v) is 4.15. The molecule has 7 heteroatoms. The van der Waals surface area contributed by atoms with Gasteiger partial charge in [0.15, 0.2) is 6.61 Å². The number of esters is 1. The Kier molecular flexibility index (Phi) is 4.57. The number of hydrogen-bond acceptors (Lipinski definition) is 5. The molecule has 1 aliphatic heterocycles. The predicted octanol–water partition coefficient (Wildman–Crippen LogP) is 0.884. The Hall–Kier alpha value is -2.41. The number of amides is 1. The first-order valence-corrected chi connectivity index (χ1v) is 7.77. The van der Waals surface area contributed by atoms with Crippen LogP contribution in [-0.4, -0.2) is 71.0 Å². The Labute approximate surface area is 134 Å². The molecule has 0 aliphatic carbocycles. The van der Waals surface area contributed by atoms with Crippen molar-refractivity contribution in [3.63, 3.8) is 0 Å². The van der Waals surface area contributed by atoms with E-state index in [-0.39, 0.29) is 12.5 Å². The van der Waals surface area contributed by atoms with E-state index in [1.54, 1.807) is 29.4 Å². The molecule has 2 aromatic rings. The van der Waals surface area contributed by atoms with Crippen molar-refractivity contribution in [2.75, 3.05) is 39.3 Å². The van der Waals surface area contributed by atoms with Gasteiger partial charge in [-0.15, -0.1) is 0 Å². The lowest BCUT2D eigenvalue weighted by atomic mass is 10.2. The molecule has 0 bridgehead atoms. The van der Waals surface area contributed by atoms with E-state index in [2.05, 4.69) is 21.8 Å². The number of carbonyl (C=O) groups excluding carboxylic acids is 2. The maximum absolute atomic E-state index is 12.1. The quantitative estimate of drug-likeness (QED) is 0.847. The van der Waals surface area contributed by atoms with Crippen LogP contribution in [0.3, 0.4) is 0 Å². The molecule has 1 amide bonds. The summed E-state index contributed by atoms with van der Waals surface area (Å²) in [6, 6.07) is 5.07. The van der Waals surface area contributed by atoms with Gasteiger partial charge in [-0.2, -0.15) is 0 Å². The van der Waals surface area contributed by atoms with Crippen LogP contribution < -0.4 is 0 Å². The maximum Gasteiger partial charge on any atom is 0.338 e. The van der Waals surface area contributed by atoms with Gasteiger partial charge in [-0.05, 0) is 24.7 Å². The van der Waals surface area contributed by atoms with Gasteiger partial charge in [-0.25, -0.2) is 9.78 Å². The number of nitrogens with one attached hydrogen (secondary N) is 1. The third kappa shape index (κ3) is 3.50. The van der Waals surface area contributed by atoms with Crippen LogP contribution in [0, 0.1) is 0 Å². The second kappa shape index (κ2) is 6.78. The second-order valence-electron chi connectivity index (χ2n) is 5.53. The van der Waals surface area contributed by atoms with E-state index in [0.29, 0.717) is 18.7 Å². The number of aromatic amines is 1. The molecular weight excluding hydrogens is 296 g/mol. The summed E-state index contributed by atoms with van der Waals surface area (Å²) in [6.45, 7) is 5.99. The second-order valence-corrected chi connectivity index (χ2v) is 5.53. The minimum Gasteiger partial charge on any atom is -0.452 e. The average Bonchev–Trinajstić information content (AvgIpc) is 3.07. The number of H-pyrrole nitrogens is 1. The Bertz CT molecular complexity index is 704. The highest BCUT2D eigenvalue weighted by molar-refractivity contribution is 5.94. The summed E-state index contributed by atoms with van der Waals surface area (Å²) >= 11 is 0. The van der Waals surface area contributed by atoms with E-state index in [0.717, 1.165) is 30.7 Å². The smallest absolute Gasteiger partial charge is 0.338 e. The third-order valence-electron chi connectivity index (χ3n) is 4.15. The molecule has 0 unspecified atom stereocenters. The summed E-state index contributed by atoms with van der Waals surface area (Å²) in [5, 5.41) is 0. The zero-order valence-electron chi connectivity index (χ0n) is 13.1. The molecule has 23 heavy (non-hydrogen) atoms. The van der Waals surface area contributed by atoms with Gasteiger partial charge < -0.3 is 19.5 Å². The van der Waals surface area contributed by atoms with Crippen molar-refractivity contribution in [1.82, 2.24) is 19.8 Å². The average molecular weight is 316 g/mol. The number of carbonyl (C=O) groups is 2. The number of nitrogens with zero attached hydrogens (tertiary/aromatic N) is 3. The van der Waals surface area contributed by atoms with Gasteiger partial charge in [-0.3, -0.25) is 4.79 Å². The lowest BCUT2D eigenvalue weighted by Gasteiger charge is -2.33. The number of fused-ring (bicyclic) bond motifs is 1. The van der Waals surface area contributed by atoms with Gasteiger partial charge in [0, 0.05) is 26.2 Å². The first-order valence-electron chi connectivity index (χ1n) is 7.77. The first-order chi connectivity index (χ1) is 11.2. The molecule has 0 saturated carbocycles. The van der Waals surface area contributed by atoms with Crippen LogP contribution in [-0.2, 0) is 9.53 Å². The lowest BCUT2D eigenvalue weighted by molar-refractivity contribution is -0.136. The molecule has 2 heterocycles. The number of imidazole rings is 1. The van der Waals surface area contributed by atoms with Crippen LogP contribution in [0.4, 0.5) is 0 Å². The Morgan fingerprint density at radius 3 is 2.78 bits per heavy atom. The fraction of sp³-hybridized carbons (Fsp3) is 0.438. The number of ether oxygens (including phenoxy) is 1. The fourth-order valence-corrected chi connectivity index (χ4v) is 2.68. The van der Waals surface area contributed by atoms with E-state index < -0.39 is 5.97 Å².